The minimum Gasteiger partial charge on any atom is -0.340 e. The van der Waals surface area contributed by atoms with Gasteiger partial charge in [-0.05, 0) is 29.8 Å². The maximum Gasteiger partial charge on any atom is 0.168 e. The van der Waals surface area contributed by atoms with Crippen LogP contribution in [0, 0.1) is 0 Å². The highest BCUT2D eigenvalue weighted by molar-refractivity contribution is 7.83. The Morgan fingerprint density at radius 3 is 2.73 bits per heavy atom. The molecule has 4 aromatic rings. The Bertz CT molecular complexity index is 1080. The summed E-state index contributed by atoms with van der Waals surface area (Å²) in [6.45, 7) is 0. The zero-order chi connectivity index (χ0) is 17.9. The minimum atomic E-state index is -0.878. The number of nitrogens with zero attached hydrogens (tertiary/aromatic N) is 4. The number of anilines is 2. The number of aromatic nitrogens is 4. The van der Waals surface area contributed by atoms with Gasteiger partial charge in [0.15, 0.2) is 5.65 Å². The summed E-state index contributed by atoms with van der Waals surface area (Å²) in [6, 6.07) is 17.7. The van der Waals surface area contributed by atoms with Gasteiger partial charge in [0.25, 0.3) is 0 Å². The molecule has 0 aliphatic heterocycles. The van der Waals surface area contributed by atoms with Crippen LogP contribution in [0.25, 0.3) is 16.7 Å². The molecule has 0 aliphatic carbocycles. The third kappa shape index (κ3) is 3.34. The number of rotatable bonds is 5. The average Bonchev–Trinajstić information content (AvgIpc) is 3.07. The van der Waals surface area contributed by atoms with E-state index in [0.717, 1.165) is 28.0 Å². The van der Waals surface area contributed by atoms with Gasteiger partial charge in [0.2, 0.25) is 0 Å². The first kappa shape index (κ1) is 16.4. The lowest BCUT2D eigenvalue weighted by Crippen LogP contribution is -2.00. The molecule has 0 bridgehead atoms. The fourth-order valence-corrected chi connectivity index (χ4v) is 3.46. The molecular weight excluding hydrogens is 346 g/mol. The molecule has 2 aromatic heterocycles. The number of fused-ring (bicyclic) bond motifs is 1. The van der Waals surface area contributed by atoms with Crippen LogP contribution >= 0.6 is 0 Å². The van der Waals surface area contributed by atoms with E-state index in [-0.39, 0.29) is 0 Å². The van der Waals surface area contributed by atoms with Gasteiger partial charge in [-0.25, -0.2) is 14.6 Å². The number of benzene rings is 2. The molecule has 0 aliphatic rings. The van der Waals surface area contributed by atoms with E-state index in [1.165, 1.54) is 6.33 Å². The van der Waals surface area contributed by atoms with Gasteiger partial charge in [-0.3, -0.25) is 4.21 Å². The van der Waals surface area contributed by atoms with Gasteiger partial charge in [0.1, 0.15) is 12.1 Å². The van der Waals surface area contributed by atoms with Crippen LogP contribution in [0.4, 0.5) is 11.5 Å². The van der Waals surface area contributed by atoms with E-state index in [1.54, 1.807) is 17.1 Å². The van der Waals surface area contributed by atoms with E-state index in [2.05, 4.69) is 20.4 Å². The van der Waals surface area contributed by atoms with Crippen LogP contribution in [0.15, 0.2) is 67.1 Å². The first-order valence-corrected chi connectivity index (χ1v) is 9.83. The number of hydrogen-bond donors (Lipinski definition) is 1. The molecule has 7 heteroatoms. The highest BCUT2D eigenvalue weighted by Crippen LogP contribution is 2.25. The standard InChI is InChI=1S/C19H17N5OS/c1-26(25)12-14-6-5-7-15(10-14)23-18-17-11-22-24(19(17)21-13-20-18)16-8-3-2-4-9-16/h2-11,13H,12H2,1H3,(H,20,21,23). The van der Waals surface area contributed by atoms with Crippen molar-refractivity contribution < 1.29 is 4.21 Å². The molecule has 130 valence electrons. The summed E-state index contributed by atoms with van der Waals surface area (Å²) in [5.41, 5.74) is 3.58. The normalized spacial score (nSPS) is 12.2. The van der Waals surface area contributed by atoms with Crippen molar-refractivity contribution in [1.82, 2.24) is 19.7 Å². The molecule has 2 aromatic carbocycles. The van der Waals surface area contributed by atoms with E-state index in [1.807, 2.05) is 54.6 Å². The molecule has 1 atom stereocenters. The van der Waals surface area contributed by atoms with Gasteiger partial charge < -0.3 is 5.32 Å². The van der Waals surface area contributed by atoms with Crippen molar-refractivity contribution in [2.24, 2.45) is 0 Å². The highest BCUT2D eigenvalue weighted by Gasteiger charge is 2.11. The molecular formula is C19H17N5OS. The van der Waals surface area contributed by atoms with Gasteiger partial charge in [-0.15, -0.1) is 0 Å². The first-order chi connectivity index (χ1) is 12.7. The summed E-state index contributed by atoms with van der Waals surface area (Å²) in [6.07, 6.45) is 4.98. The molecule has 0 saturated heterocycles. The SMILES string of the molecule is CS(=O)Cc1cccc(Nc2ncnc3c2cnn3-c2ccccc2)c1. The Morgan fingerprint density at radius 2 is 1.92 bits per heavy atom. The number of para-hydroxylation sites is 1. The molecule has 0 spiro atoms. The fraction of sp³-hybridized carbons (Fsp3) is 0.105. The van der Waals surface area contributed by atoms with Crippen LogP contribution in [-0.4, -0.2) is 30.2 Å². The molecule has 1 N–H and O–H groups in total. The molecule has 4 rings (SSSR count). The predicted octanol–water partition coefficient (Wildman–Crippen LogP) is 3.44. The molecule has 26 heavy (non-hydrogen) atoms. The van der Waals surface area contributed by atoms with Crippen molar-refractivity contribution in [3.05, 3.63) is 72.7 Å². The molecule has 1 unspecified atom stereocenters. The summed E-state index contributed by atoms with van der Waals surface area (Å²) < 4.78 is 13.2. The third-order valence-electron chi connectivity index (χ3n) is 3.93. The van der Waals surface area contributed by atoms with E-state index in [4.69, 9.17) is 0 Å². The van der Waals surface area contributed by atoms with Crippen molar-refractivity contribution in [3.63, 3.8) is 0 Å². The zero-order valence-electron chi connectivity index (χ0n) is 14.2. The molecule has 0 saturated carbocycles. The Labute approximate surface area is 153 Å². The van der Waals surface area contributed by atoms with Crippen molar-refractivity contribution in [3.8, 4) is 5.69 Å². The van der Waals surface area contributed by atoms with E-state index < -0.39 is 10.8 Å². The van der Waals surface area contributed by atoms with E-state index >= 15 is 0 Å². The van der Waals surface area contributed by atoms with Gasteiger partial charge in [0.05, 0.1) is 17.3 Å². The monoisotopic (exact) mass is 363 g/mol. The maximum absolute atomic E-state index is 11.5. The van der Waals surface area contributed by atoms with Crippen LogP contribution in [-0.2, 0) is 16.6 Å². The summed E-state index contributed by atoms with van der Waals surface area (Å²) in [5, 5.41) is 8.61. The Morgan fingerprint density at radius 1 is 1.08 bits per heavy atom. The second-order valence-corrected chi connectivity index (χ2v) is 7.33. The van der Waals surface area contributed by atoms with Crippen molar-refractivity contribution in [1.29, 1.82) is 0 Å². The smallest absolute Gasteiger partial charge is 0.168 e. The van der Waals surface area contributed by atoms with E-state index in [0.29, 0.717) is 11.6 Å². The molecule has 0 fully saturated rings. The minimum absolute atomic E-state index is 0.528. The predicted molar refractivity (Wildman–Crippen MR) is 104 cm³/mol. The van der Waals surface area contributed by atoms with Crippen molar-refractivity contribution in [2.45, 2.75) is 5.75 Å². The zero-order valence-corrected chi connectivity index (χ0v) is 15.0. The highest BCUT2D eigenvalue weighted by atomic mass is 32.2. The van der Waals surface area contributed by atoms with Crippen molar-refractivity contribution >= 4 is 33.3 Å². The average molecular weight is 363 g/mol. The summed E-state index contributed by atoms with van der Waals surface area (Å²) >= 11 is 0. The molecule has 0 radical (unpaired) electrons. The first-order valence-electron chi connectivity index (χ1n) is 8.11. The summed E-state index contributed by atoms with van der Waals surface area (Å²) in [4.78, 5) is 8.75. The Balaban J connectivity index is 1.70. The molecule has 0 amide bonds. The quantitative estimate of drug-likeness (QED) is 0.588. The van der Waals surface area contributed by atoms with Gasteiger partial charge in [0, 0.05) is 28.5 Å². The number of nitrogens with one attached hydrogen (secondary N) is 1. The summed E-state index contributed by atoms with van der Waals surface area (Å²) in [5.74, 6) is 1.22. The lowest BCUT2D eigenvalue weighted by Gasteiger charge is -2.08. The largest absolute Gasteiger partial charge is 0.340 e. The molecule has 6 nitrogen and oxygen atoms in total. The number of hydrogen-bond acceptors (Lipinski definition) is 5. The third-order valence-corrected chi connectivity index (χ3v) is 4.67. The maximum atomic E-state index is 11.5. The Hall–Kier alpha value is -3.06. The fourth-order valence-electron chi connectivity index (χ4n) is 2.81. The van der Waals surface area contributed by atoms with Crippen LogP contribution in [0.2, 0.25) is 0 Å². The Kier molecular flexibility index (Phi) is 4.45. The van der Waals surface area contributed by atoms with Crippen LogP contribution in [0.5, 0.6) is 0 Å². The van der Waals surface area contributed by atoms with Gasteiger partial charge in [-0.1, -0.05) is 30.3 Å². The van der Waals surface area contributed by atoms with Crippen LogP contribution in [0.1, 0.15) is 5.56 Å². The second-order valence-electron chi connectivity index (χ2n) is 5.89. The van der Waals surface area contributed by atoms with Crippen molar-refractivity contribution in [2.75, 3.05) is 11.6 Å². The van der Waals surface area contributed by atoms with Crippen LogP contribution in [0.3, 0.4) is 0 Å². The summed E-state index contributed by atoms with van der Waals surface area (Å²) in [7, 11) is -0.878. The van der Waals surface area contributed by atoms with Gasteiger partial charge in [-0.2, -0.15) is 5.10 Å². The van der Waals surface area contributed by atoms with Gasteiger partial charge >= 0.3 is 0 Å². The molecule has 2 heterocycles. The lowest BCUT2D eigenvalue weighted by molar-refractivity contribution is 0.686. The topological polar surface area (TPSA) is 72.7 Å². The van der Waals surface area contributed by atoms with E-state index in [9.17, 15) is 4.21 Å². The van der Waals surface area contributed by atoms with Crippen LogP contribution < -0.4 is 5.32 Å². The second kappa shape index (κ2) is 7.05. The lowest BCUT2D eigenvalue weighted by atomic mass is 10.2.